The molecule has 0 fully saturated rings. The van der Waals surface area contributed by atoms with E-state index in [0.717, 1.165) is 36.5 Å². The molecule has 33 heavy (non-hydrogen) atoms. The normalized spacial score (nSPS) is 12.9. The standard InChI is InChI=1S/C26H24ClN5O/c27-25-23(16-30-32(26(25)33)17-19-6-2-1-3-7-19)28-14-20-10-11-24(29-15-20)31-13-12-21-8-4-5-9-22(21)18-31/h1-11,15-16,28H,12-14,17-18H2. The van der Waals surface area contributed by atoms with Gasteiger partial charge in [-0.25, -0.2) is 9.67 Å². The largest absolute Gasteiger partial charge is 0.378 e. The summed E-state index contributed by atoms with van der Waals surface area (Å²) in [6, 6.07) is 22.4. The van der Waals surface area contributed by atoms with Crippen LogP contribution >= 0.6 is 11.6 Å². The quantitative estimate of drug-likeness (QED) is 0.461. The molecule has 0 atom stereocenters. The molecule has 0 amide bonds. The Morgan fingerprint density at radius 1 is 0.909 bits per heavy atom. The lowest BCUT2D eigenvalue weighted by molar-refractivity contribution is 0.640. The Labute approximate surface area is 197 Å². The fourth-order valence-corrected chi connectivity index (χ4v) is 4.27. The van der Waals surface area contributed by atoms with Gasteiger partial charge in [0.05, 0.1) is 18.4 Å². The molecule has 0 unspecified atom stereocenters. The third-order valence-corrected chi connectivity index (χ3v) is 6.27. The van der Waals surface area contributed by atoms with Crippen LogP contribution in [0, 0.1) is 0 Å². The van der Waals surface area contributed by atoms with Gasteiger partial charge in [0.2, 0.25) is 0 Å². The molecule has 5 rings (SSSR count). The zero-order valence-corrected chi connectivity index (χ0v) is 18.9. The maximum Gasteiger partial charge on any atom is 0.287 e. The minimum atomic E-state index is -0.315. The number of aromatic nitrogens is 3. The molecule has 7 heteroatoms. The van der Waals surface area contributed by atoms with E-state index >= 15 is 0 Å². The zero-order chi connectivity index (χ0) is 22.6. The highest BCUT2D eigenvalue weighted by atomic mass is 35.5. The summed E-state index contributed by atoms with van der Waals surface area (Å²) in [5, 5.41) is 7.62. The molecule has 6 nitrogen and oxygen atoms in total. The lowest BCUT2D eigenvalue weighted by Gasteiger charge is -2.29. The number of pyridine rings is 1. The maximum absolute atomic E-state index is 12.6. The summed E-state index contributed by atoms with van der Waals surface area (Å²) in [5.74, 6) is 0.969. The number of halogens is 1. The van der Waals surface area contributed by atoms with Crippen molar-refractivity contribution < 1.29 is 0 Å². The number of rotatable bonds is 6. The van der Waals surface area contributed by atoms with Gasteiger partial charge in [-0.15, -0.1) is 0 Å². The first-order valence-corrected chi connectivity index (χ1v) is 11.4. The van der Waals surface area contributed by atoms with Gasteiger partial charge in [0.15, 0.2) is 0 Å². The van der Waals surface area contributed by atoms with E-state index in [2.05, 4.69) is 44.6 Å². The zero-order valence-electron chi connectivity index (χ0n) is 18.1. The molecule has 0 saturated heterocycles. The van der Waals surface area contributed by atoms with E-state index in [9.17, 15) is 4.79 Å². The maximum atomic E-state index is 12.6. The molecule has 2 aromatic carbocycles. The molecule has 2 aromatic heterocycles. The highest BCUT2D eigenvalue weighted by Gasteiger charge is 2.17. The monoisotopic (exact) mass is 457 g/mol. The van der Waals surface area contributed by atoms with Crippen LogP contribution in [0.1, 0.15) is 22.3 Å². The predicted molar refractivity (Wildman–Crippen MR) is 132 cm³/mol. The van der Waals surface area contributed by atoms with E-state index in [1.54, 1.807) is 6.20 Å². The molecule has 0 radical (unpaired) electrons. The van der Waals surface area contributed by atoms with Gasteiger partial charge in [-0.3, -0.25) is 4.79 Å². The van der Waals surface area contributed by atoms with Crippen molar-refractivity contribution in [1.82, 2.24) is 14.8 Å². The van der Waals surface area contributed by atoms with Crippen LogP contribution in [-0.4, -0.2) is 21.3 Å². The molecule has 3 heterocycles. The second kappa shape index (κ2) is 9.46. The Bertz CT molecular complexity index is 1300. The smallest absolute Gasteiger partial charge is 0.287 e. The molecular weight excluding hydrogens is 434 g/mol. The van der Waals surface area contributed by atoms with Gasteiger partial charge in [0.1, 0.15) is 10.8 Å². The van der Waals surface area contributed by atoms with Crippen LogP contribution in [0.25, 0.3) is 0 Å². The molecule has 1 aliphatic rings. The van der Waals surface area contributed by atoms with Crippen LogP contribution in [-0.2, 0) is 26.1 Å². The summed E-state index contributed by atoms with van der Waals surface area (Å²) in [6.07, 6.45) is 4.49. The van der Waals surface area contributed by atoms with Gasteiger partial charge in [-0.1, -0.05) is 72.3 Å². The number of nitrogens with zero attached hydrogens (tertiary/aromatic N) is 4. The summed E-state index contributed by atoms with van der Waals surface area (Å²) in [4.78, 5) is 19.6. The van der Waals surface area contributed by atoms with Gasteiger partial charge >= 0.3 is 0 Å². The summed E-state index contributed by atoms with van der Waals surface area (Å²) < 4.78 is 1.37. The van der Waals surface area contributed by atoms with Crippen molar-refractivity contribution >= 4 is 23.1 Å². The molecular formula is C26H24ClN5O. The molecule has 0 aliphatic carbocycles. The van der Waals surface area contributed by atoms with Crippen molar-refractivity contribution in [2.24, 2.45) is 0 Å². The van der Waals surface area contributed by atoms with E-state index < -0.39 is 0 Å². The molecule has 0 spiro atoms. The van der Waals surface area contributed by atoms with Crippen LogP contribution in [0.2, 0.25) is 5.02 Å². The Kier molecular flexibility index (Phi) is 6.09. The lowest BCUT2D eigenvalue weighted by Crippen LogP contribution is -2.30. The topological polar surface area (TPSA) is 63.1 Å². The average molecular weight is 458 g/mol. The summed E-state index contributed by atoms with van der Waals surface area (Å²) in [7, 11) is 0. The second-order valence-electron chi connectivity index (χ2n) is 8.14. The van der Waals surface area contributed by atoms with E-state index in [1.165, 1.54) is 15.8 Å². The van der Waals surface area contributed by atoms with Gasteiger partial charge in [0.25, 0.3) is 5.56 Å². The number of hydrogen-bond acceptors (Lipinski definition) is 5. The van der Waals surface area contributed by atoms with Gasteiger partial charge in [0, 0.05) is 25.8 Å². The minimum absolute atomic E-state index is 0.137. The fraction of sp³-hybridized carbons (Fsp3) is 0.192. The third kappa shape index (κ3) is 4.76. The lowest BCUT2D eigenvalue weighted by atomic mass is 10.00. The van der Waals surface area contributed by atoms with Crippen LogP contribution in [0.4, 0.5) is 11.5 Å². The van der Waals surface area contributed by atoms with Gasteiger partial charge in [-0.05, 0) is 34.7 Å². The van der Waals surface area contributed by atoms with E-state index in [4.69, 9.17) is 11.6 Å². The number of nitrogens with one attached hydrogen (secondary N) is 1. The van der Waals surface area contributed by atoms with E-state index in [0.29, 0.717) is 18.8 Å². The average Bonchev–Trinajstić information content (AvgIpc) is 2.87. The molecule has 0 bridgehead atoms. The number of fused-ring (bicyclic) bond motifs is 1. The van der Waals surface area contributed by atoms with Crippen molar-refractivity contribution in [1.29, 1.82) is 0 Å². The third-order valence-electron chi connectivity index (χ3n) is 5.91. The van der Waals surface area contributed by atoms with Crippen LogP contribution in [0.15, 0.2) is 83.9 Å². The first kappa shape index (κ1) is 21.2. The molecule has 1 aliphatic heterocycles. The van der Waals surface area contributed by atoms with E-state index in [-0.39, 0.29) is 10.6 Å². The Balaban J connectivity index is 1.23. The summed E-state index contributed by atoms with van der Waals surface area (Å²) in [6.45, 7) is 2.72. The van der Waals surface area contributed by atoms with Crippen LogP contribution in [0.5, 0.6) is 0 Å². The number of anilines is 2. The number of benzene rings is 2. The first-order chi connectivity index (χ1) is 16.2. The van der Waals surface area contributed by atoms with Gasteiger partial charge < -0.3 is 10.2 Å². The molecule has 1 N–H and O–H groups in total. The summed E-state index contributed by atoms with van der Waals surface area (Å²) in [5.41, 5.74) is 4.98. The Morgan fingerprint density at radius 2 is 1.70 bits per heavy atom. The molecule has 0 saturated carbocycles. The van der Waals surface area contributed by atoms with Gasteiger partial charge in [-0.2, -0.15) is 5.10 Å². The van der Waals surface area contributed by atoms with Crippen molar-refractivity contribution in [2.45, 2.75) is 26.1 Å². The van der Waals surface area contributed by atoms with Crippen molar-refractivity contribution in [3.8, 4) is 0 Å². The number of hydrogen-bond donors (Lipinski definition) is 1. The highest BCUT2D eigenvalue weighted by molar-refractivity contribution is 6.32. The Morgan fingerprint density at radius 3 is 2.48 bits per heavy atom. The Hall–Kier alpha value is -3.64. The first-order valence-electron chi connectivity index (χ1n) is 11.0. The van der Waals surface area contributed by atoms with Crippen molar-refractivity contribution in [3.05, 3.63) is 117 Å². The second-order valence-corrected chi connectivity index (χ2v) is 8.52. The van der Waals surface area contributed by atoms with Crippen LogP contribution < -0.4 is 15.8 Å². The highest BCUT2D eigenvalue weighted by Crippen LogP contribution is 2.23. The van der Waals surface area contributed by atoms with Crippen molar-refractivity contribution in [3.63, 3.8) is 0 Å². The predicted octanol–water partition coefficient (Wildman–Crippen LogP) is 4.51. The van der Waals surface area contributed by atoms with E-state index in [1.807, 2.05) is 48.7 Å². The van der Waals surface area contributed by atoms with Crippen LogP contribution in [0.3, 0.4) is 0 Å². The van der Waals surface area contributed by atoms with Crippen molar-refractivity contribution in [2.75, 3.05) is 16.8 Å². The fourth-order valence-electron chi connectivity index (χ4n) is 4.05. The minimum Gasteiger partial charge on any atom is -0.378 e. The molecule has 166 valence electrons. The molecule has 4 aromatic rings. The summed E-state index contributed by atoms with van der Waals surface area (Å²) >= 11 is 6.34. The SMILES string of the molecule is O=c1c(Cl)c(NCc2ccc(N3CCc4ccccc4C3)nc2)cnn1Cc1ccccc1.